The number of halogens is 1. The van der Waals surface area contributed by atoms with Gasteiger partial charge in [-0.05, 0) is 12.1 Å². The number of carbonyl (C=O) groups is 3. The molecule has 1 unspecified atom stereocenters. The predicted molar refractivity (Wildman–Crippen MR) is 113 cm³/mol. The Kier molecular flexibility index (Phi) is 38.5. The zero-order valence-electron chi connectivity index (χ0n) is 11.8. The summed E-state index contributed by atoms with van der Waals surface area (Å²) in [4.78, 5) is 51.2. The summed E-state index contributed by atoms with van der Waals surface area (Å²) >= 11 is 0. The first kappa shape index (κ1) is 42.9. The van der Waals surface area contributed by atoms with E-state index >= 15 is 0 Å². The molecular weight excluding hydrogens is 569 g/mol. The van der Waals surface area contributed by atoms with E-state index < -0.39 is 38.3 Å². The molecular formula is C11H21Ca2INaO11P. The van der Waals surface area contributed by atoms with E-state index in [2.05, 4.69) is 0 Å². The fourth-order valence-corrected chi connectivity index (χ4v) is 0.833. The van der Waals surface area contributed by atoms with E-state index in [1.54, 1.807) is 30.3 Å². The van der Waals surface area contributed by atoms with Crippen LogP contribution in [0.5, 0.6) is 0 Å². The molecule has 0 aliphatic heterocycles. The van der Waals surface area contributed by atoms with Crippen LogP contribution >= 0.6 is 31.8 Å². The van der Waals surface area contributed by atoms with Crippen molar-refractivity contribution in [2.24, 2.45) is 0 Å². The Labute approximate surface area is 253 Å². The van der Waals surface area contributed by atoms with Crippen molar-refractivity contribution in [2.75, 3.05) is 0 Å². The van der Waals surface area contributed by atoms with Gasteiger partial charge >= 0.3 is 131 Å². The van der Waals surface area contributed by atoms with Crippen LogP contribution in [0, 0.1) is 0 Å². The molecule has 0 saturated carbocycles. The molecule has 0 bridgehead atoms. The van der Waals surface area contributed by atoms with Gasteiger partial charge in [-0.2, -0.15) is 0 Å². The van der Waals surface area contributed by atoms with Crippen molar-refractivity contribution in [1.82, 2.24) is 0 Å². The number of aliphatic hydroxyl groups excluding tert-OH is 1. The van der Waals surface area contributed by atoms with E-state index in [1.807, 2.05) is 0 Å². The van der Waals surface area contributed by atoms with E-state index in [0.717, 1.165) is 0 Å². The molecule has 0 fully saturated rings. The van der Waals surface area contributed by atoms with Crippen molar-refractivity contribution in [3.05, 3.63) is 35.9 Å². The number of aliphatic hydroxyl groups is 1. The van der Waals surface area contributed by atoms with Gasteiger partial charge in [-0.15, -0.1) is 24.0 Å². The zero-order valence-corrected chi connectivity index (χ0v) is 15.0. The molecule has 1 atom stereocenters. The van der Waals surface area contributed by atoms with E-state index in [9.17, 15) is 14.4 Å². The van der Waals surface area contributed by atoms with Gasteiger partial charge in [0.15, 0.2) is 6.10 Å². The third-order valence-electron chi connectivity index (χ3n) is 1.67. The van der Waals surface area contributed by atoms with Crippen molar-refractivity contribution >= 4 is 155 Å². The molecule has 1 rings (SSSR count). The molecule has 148 valence electrons. The molecule has 7 N–H and O–H groups in total. The Morgan fingerprint density at radius 2 is 1.26 bits per heavy atom. The molecule has 0 heterocycles. The molecule has 27 heavy (non-hydrogen) atoms. The van der Waals surface area contributed by atoms with E-state index in [-0.39, 0.29) is 129 Å². The average molecular weight is 590 g/mol. The molecule has 0 aromatic heterocycles. The SMILES string of the molecule is I.O=C(O)CC(O)C(=O)O.O=C(O)c1ccccc1.O=P(O)(O)O.[CaH2].[CaH2].[NaH]. The molecule has 0 spiro atoms. The Balaban J connectivity index is -0.0000000591. The van der Waals surface area contributed by atoms with Gasteiger partial charge in [-0.25, -0.2) is 14.2 Å². The minimum atomic E-state index is -4.64. The van der Waals surface area contributed by atoms with E-state index in [1.165, 1.54) is 0 Å². The second kappa shape index (κ2) is 24.2. The van der Waals surface area contributed by atoms with Crippen LogP contribution in [-0.2, 0) is 14.2 Å². The molecule has 0 aliphatic rings. The number of benzene rings is 1. The van der Waals surface area contributed by atoms with Crippen LogP contribution in [-0.4, -0.2) is 164 Å². The third-order valence-corrected chi connectivity index (χ3v) is 1.67. The van der Waals surface area contributed by atoms with Gasteiger partial charge in [-0.3, -0.25) is 4.79 Å². The number of hydrogen-bond acceptors (Lipinski definition) is 5. The van der Waals surface area contributed by atoms with Crippen LogP contribution in [0.2, 0.25) is 0 Å². The van der Waals surface area contributed by atoms with E-state index in [0.29, 0.717) is 5.56 Å². The molecule has 0 radical (unpaired) electrons. The second-order valence-corrected chi connectivity index (χ2v) is 4.66. The average Bonchev–Trinajstić information content (AvgIpc) is 2.37. The summed E-state index contributed by atoms with van der Waals surface area (Å²) in [5.74, 6) is -3.72. The Bertz CT molecular complexity index is 564. The molecule has 0 amide bonds. The Morgan fingerprint density at radius 3 is 1.41 bits per heavy atom. The minimum absolute atomic E-state index is 0. The van der Waals surface area contributed by atoms with Gasteiger partial charge in [0.25, 0.3) is 0 Å². The summed E-state index contributed by atoms with van der Waals surface area (Å²) < 4.78 is 8.88. The van der Waals surface area contributed by atoms with Gasteiger partial charge < -0.3 is 35.1 Å². The number of aliphatic carboxylic acids is 2. The number of aromatic carboxylic acids is 1. The topological polar surface area (TPSA) is 210 Å². The number of carboxylic acids is 3. The third kappa shape index (κ3) is 39.1. The fourth-order valence-electron chi connectivity index (χ4n) is 0.833. The molecule has 1 aromatic rings. The van der Waals surface area contributed by atoms with E-state index in [4.69, 9.17) is 39.7 Å². The van der Waals surface area contributed by atoms with Crippen LogP contribution in [0.1, 0.15) is 16.8 Å². The quantitative estimate of drug-likeness (QED) is 0.111. The molecule has 1 aromatic carbocycles. The molecule has 0 aliphatic carbocycles. The van der Waals surface area contributed by atoms with Crippen LogP contribution in [0.25, 0.3) is 0 Å². The second-order valence-electron chi connectivity index (χ2n) is 3.64. The normalized spacial score (nSPS) is 9.33. The van der Waals surface area contributed by atoms with Crippen molar-refractivity contribution in [3.8, 4) is 0 Å². The molecule has 0 saturated heterocycles. The maximum absolute atomic E-state index is 10.2. The number of rotatable bonds is 4. The number of hydrogen-bond donors (Lipinski definition) is 7. The summed E-state index contributed by atoms with van der Waals surface area (Å²) in [5.41, 5.74) is 0.331. The van der Waals surface area contributed by atoms with Gasteiger partial charge in [-0.1, -0.05) is 18.2 Å². The van der Waals surface area contributed by atoms with Gasteiger partial charge in [0.1, 0.15) is 0 Å². The van der Waals surface area contributed by atoms with Gasteiger partial charge in [0.2, 0.25) is 0 Å². The predicted octanol–water partition coefficient (Wildman–Crippen LogP) is -2.50. The summed E-state index contributed by atoms with van der Waals surface area (Å²) in [6.07, 6.45) is -2.54. The first-order chi connectivity index (χ1) is 10.3. The van der Waals surface area contributed by atoms with Crippen LogP contribution < -0.4 is 0 Å². The number of phosphoric acid groups is 1. The first-order valence-electron chi connectivity index (χ1n) is 5.54. The van der Waals surface area contributed by atoms with Crippen molar-refractivity contribution < 1.29 is 54.1 Å². The fraction of sp³-hybridized carbons (Fsp3) is 0.182. The molecule has 11 nitrogen and oxygen atoms in total. The maximum atomic E-state index is 10.2. The monoisotopic (exact) mass is 590 g/mol. The van der Waals surface area contributed by atoms with Crippen LogP contribution in [0.4, 0.5) is 0 Å². The first-order valence-corrected chi connectivity index (χ1v) is 7.10. The Hall–Kier alpha value is 1.95. The van der Waals surface area contributed by atoms with Crippen molar-refractivity contribution in [1.29, 1.82) is 0 Å². The number of carboxylic acid groups (broad SMARTS) is 3. The molecule has 16 heteroatoms. The summed E-state index contributed by atoms with van der Waals surface area (Å²) in [5, 5.41) is 32.5. The Morgan fingerprint density at radius 1 is 0.926 bits per heavy atom. The van der Waals surface area contributed by atoms with Crippen molar-refractivity contribution in [3.63, 3.8) is 0 Å². The summed E-state index contributed by atoms with van der Waals surface area (Å²) in [7, 11) is -4.64. The van der Waals surface area contributed by atoms with Gasteiger partial charge in [0, 0.05) is 0 Å². The summed E-state index contributed by atoms with van der Waals surface area (Å²) in [6.45, 7) is 0. The van der Waals surface area contributed by atoms with Crippen LogP contribution in [0.3, 0.4) is 0 Å². The standard InChI is InChI=1S/C7H6O2.C4H6O5.2Ca.HI.Na.H3O4P.5H/c8-7(9)6-4-2-1-3-5-6;5-2(4(8)9)1-3(6)7;;;;;1-5(2,3)4;;;;;/h1-5H,(H,8,9);2,5H,1H2,(H,6,7)(H,8,9);;;1H;;(H3,1,2,3,4);;;;;. The van der Waals surface area contributed by atoms with Crippen molar-refractivity contribution in [2.45, 2.75) is 12.5 Å². The summed E-state index contributed by atoms with van der Waals surface area (Å²) in [6, 6.07) is 8.30. The van der Waals surface area contributed by atoms with Gasteiger partial charge in [0.05, 0.1) is 12.0 Å². The zero-order chi connectivity index (χ0) is 18.6. The van der Waals surface area contributed by atoms with Crippen LogP contribution in [0.15, 0.2) is 30.3 Å².